The second kappa shape index (κ2) is 17.6. The average molecular weight is 811 g/mol. The molecular formula is C45H46N8O5S. The van der Waals surface area contributed by atoms with E-state index < -0.39 is 18.2 Å². The number of H-pyrrole nitrogens is 2. The van der Waals surface area contributed by atoms with E-state index in [9.17, 15) is 14.4 Å². The Hall–Kier alpha value is -6.41. The van der Waals surface area contributed by atoms with Crippen LogP contribution in [0.25, 0.3) is 33.6 Å². The van der Waals surface area contributed by atoms with Gasteiger partial charge in [-0.1, -0.05) is 92.7 Å². The molecular weight excluding hydrogens is 765 g/mol. The Morgan fingerprint density at radius 1 is 0.814 bits per heavy atom. The van der Waals surface area contributed by atoms with E-state index in [0.717, 1.165) is 63.4 Å². The standard InChI is InChI=1S/C45H46N8O5S/c1-28(2)39(51-44(55)57-3)42(54)52-23-7-10-37(52)40-47-24-35(49-40)32-15-11-30(12-16-32)31-13-17-33(18-14-31)36-25-48-41(50-36)38-27-59-43(34-19-21-46-22-20-34)53(38)45(56)58-26-29-8-5-4-6-9-29/h4-6,8-9,11-22,24-25,28,37-39,43H,7,10,23,26-27H2,1-3H3,(H,47,49)(H,48,50)(H,51,55). The summed E-state index contributed by atoms with van der Waals surface area (Å²) < 4.78 is 10.6. The van der Waals surface area contributed by atoms with Crippen molar-refractivity contribution in [1.82, 2.24) is 40.0 Å². The van der Waals surface area contributed by atoms with Crippen LogP contribution in [0.3, 0.4) is 0 Å². The number of aromatic nitrogens is 5. The molecule has 14 heteroatoms. The van der Waals surface area contributed by atoms with Gasteiger partial charge in [0.05, 0.1) is 36.9 Å². The lowest BCUT2D eigenvalue weighted by Crippen LogP contribution is -2.51. The lowest BCUT2D eigenvalue weighted by molar-refractivity contribution is -0.135. The molecule has 59 heavy (non-hydrogen) atoms. The predicted molar refractivity (Wildman–Crippen MR) is 226 cm³/mol. The van der Waals surface area contributed by atoms with Crippen LogP contribution in [0, 0.1) is 5.92 Å². The Labute approximate surface area is 347 Å². The Kier molecular flexibility index (Phi) is 11.8. The van der Waals surface area contributed by atoms with Crippen molar-refractivity contribution >= 4 is 29.9 Å². The Bertz CT molecular complexity index is 2370. The molecule has 0 bridgehead atoms. The lowest BCUT2D eigenvalue weighted by atomic mass is 10.0. The number of carbonyl (C=O) groups is 3. The van der Waals surface area contributed by atoms with E-state index in [2.05, 4.69) is 73.8 Å². The third-order valence-electron chi connectivity index (χ3n) is 10.9. The number of aromatic amines is 2. The third kappa shape index (κ3) is 8.58. The zero-order valence-corrected chi connectivity index (χ0v) is 33.9. The van der Waals surface area contributed by atoms with Gasteiger partial charge in [0.25, 0.3) is 0 Å². The number of nitrogens with one attached hydrogen (secondary N) is 3. The molecule has 13 nitrogen and oxygen atoms in total. The molecule has 6 aromatic rings. The molecule has 8 rings (SSSR count). The van der Waals surface area contributed by atoms with E-state index in [1.165, 1.54) is 7.11 Å². The van der Waals surface area contributed by atoms with Gasteiger partial charge in [-0.05, 0) is 64.3 Å². The van der Waals surface area contributed by atoms with E-state index >= 15 is 0 Å². The Morgan fingerprint density at radius 2 is 1.41 bits per heavy atom. The second-order valence-electron chi connectivity index (χ2n) is 15.0. The second-order valence-corrected chi connectivity index (χ2v) is 16.1. The van der Waals surface area contributed by atoms with Gasteiger partial charge < -0.3 is 29.7 Å². The number of nitrogens with zero attached hydrogens (tertiary/aromatic N) is 5. The van der Waals surface area contributed by atoms with Gasteiger partial charge in [0.2, 0.25) is 5.91 Å². The van der Waals surface area contributed by atoms with Gasteiger partial charge in [-0.15, -0.1) is 11.8 Å². The van der Waals surface area contributed by atoms with Gasteiger partial charge >= 0.3 is 12.2 Å². The molecule has 3 aromatic carbocycles. The smallest absolute Gasteiger partial charge is 0.411 e. The van der Waals surface area contributed by atoms with Crippen molar-refractivity contribution in [2.45, 2.75) is 56.8 Å². The fraction of sp³-hybridized carbons (Fsp3) is 0.289. The predicted octanol–water partition coefficient (Wildman–Crippen LogP) is 8.70. The minimum absolute atomic E-state index is 0.104. The maximum atomic E-state index is 13.7. The van der Waals surface area contributed by atoms with Crippen LogP contribution in [0.4, 0.5) is 9.59 Å². The summed E-state index contributed by atoms with van der Waals surface area (Å²) >= 11 is 1.67. The number of ether oxygens (including phenoxy) is 2. The number of benzene rings is 3. The van der Waals surface area contributed by atoms with Crippen LogP contribution in [0.15, 0.2) is 116 Å². The summed E-state index contributed by atoms with van der Waals surface area (Å²) in [6.45, 7) is 4.58. The highest BCUT2D eigenvalue weighted by molar-refractivity contribution is 7.99. The van der Waals surface area contributed by atoms with Gasteiger partial charge in [0, 0.05) is 24.7 Å². The highest BCUT2D eigenvalue weighted by Gasteiger charge is 2.42. The lowest BCUT2D eigenvalue weighted by Gasteiger charge is -2.30. The SMILES string of the molecule is COC(=O)NC(C(=O)N1CCCC1c1ncc(-c2ccc(-c3ccc(-c4cnc(C5CSC(c6ccncc6)N5C(=O)OCc5ccccc5)[nH]4)cc3)cc2)[nH]1)C(C)C. The van der Waals surface area contributed by atoms with Crippen molar-refractivity contribution in [2.75, 3.05) is 19.4 Å². The van der Waals surface area contributed by atoms with Crippen LogP contribution in [-0.2, 0) is 20.9 Å². The number of amides is 3. The molecule has 2 aliphatic heterocycles. The zero-order chi connectivity index (χ0) is 40.9. The molecule has 5 heterocycles. The summed E-state index contributed by atoms with van der Waals surface area (Å²) in [6, 6.07) is 28.9. The van der Waals surface area contributed by atoms with Crippen LogP contribution in [-0.4, -0.2) is 78.3 Å². The number of pyridine rings is 1. The number of imidazole rings is 2. The summed E-state index contributed by atoms with van der Waals surface area (Å²) in [5.41, 5.74) is 7.69. The van der Waals surface area contributed by atoms with E-state index in [1.54, 1.807) is 29.1 Å². The molecule has 0 saturated carbocycles. The van der Waals surface area contributed by atoms with Crippen molar-refractivity contribution in [1.29, 1.82) is 0 Å². The fourth-order valence-electron chi connectivity index (χ4n) is 7.70. The number of hydrogen-bond acceptors (Lipinski definition) is 9. The Morgan fingerprint density at radius 3 is 2.00 bits per heavy atom. The number of likely N-dealkylation sites (tertiary alicyclic amines) is 1. The van der Waals surface area contributed by atoms with E-state index in [1.807, 2.05) is 73.6 Å². The number of methoxy groups -OCH3 is 1. The molecule has 3 amide bonds. The normalized spacial score (nSPS) is 18.2. The van der Waals surface area contributed by atoms with E-state index in [0.29, 0.717) is 18.1 Å². The molecule has 0 radical (unpaired) electrons. The molecule has 0 spiro atoms. The van der Waals surface area contributed by atoms with Crippen LogP contribution < -0.4 is 5.32 Å². The summed E-state index contributed by atoms with van der Waals surface area (Å²) in [5.74, 6) is 1.84. The largest absolute Gasteiger partial charge is 0.453 e. The first-order chi connectivity index (χ1) is 28.8. The molecule has 2 saturated heterocycles. The van der Waals surface area contributed by atoms with Crippen LogP contribution >= 0.6 is 11.8 Å². The van der Waals surface area contributed by atoms with Gasteiger partial charge in [-0.3, -0.25) is 14.7 Å². The summed E-state index contributed by atoms with van der Waals surface area (Å²) in [4.78, 5) is 63.4. The quantitative estimate of drug-likeness (QED) is 0.116. The number of alkyl carbamates (subject to hydrolysis) is 1. The van der Waals surface area contributed by atoms with E-state index in [-0.39, 0.29) is 35.9 Å². The maximum absolute atomic E-state index is 13.7. The van der Waals surface area contributed by atoms with Crippen molar-refractivity contribution in [3.05, 3.63) is 139 Å². The number of carbonyl (C=O) groups excluding carboxylic acids is 3. The summed E-state index contributed by atoms with van der Waals surface area (Å²) in [7, 11) is 1.29. The average Bonchev–Trinajstić information content (AvgIpc) is 4.12. The van der Waals surface area contributed by atoms with Gasteiger partial charge in [-0.2, -0.15) is 0 Å². The van der Waals surface area contributed by atoms with Crippen molar-refractivity contribution < 1.29 is 23.9 Å². The molecule has 3 aromatic heterocycles. The van der Waals surface area contributed by atoms with Gasteiger partial charge in [-0.25, -0.2) is 19.6 Å². The summed E-state index contributed by atoms with van der Waals surface area (Å²) in [6.07, 6.45) is 7.72. The van der Waals surface area contributed by atoms with Crippen molar-refractivity contribution in [3.8, 4) is 33.6 Å². The van der Waals surface area contributed by atoms with Crippen LogP contribution in [0.2, 0.25) is 0 Å². The molecule has 2 fully saturated rings. The first-order valence-corrected chi connectivity index (χ1v) is 20.8. The third-order valence-corrected chi connectivity index (χ3v) is 12.2. The first-order valence-electron chi connectivity index (χ1n) is 19.7. The van der Waals surface area contributed by atoms with Crippen molar-refractivity contribution in [3.63, 3.8) is 0 Å². The fourth-order valence-corrected chi connectivity index (χ4v) is 9.13. The Balaban J connectivity index is 0.936. The van der Waals surface area contributed by atoms with Crippen LogP contribution in [0.1, 0.15) is 66.9 Å². The molecule has 3 N–H and O–H groups in total. The van der Waals surface area contributed by atoms with Crippen molar-refractivity contribution in [2.24, 2.45) is 5.92 Å². The van der Waals surface area contributed by atoms with Crippen LogP contribution in [0.5, 0.6) is 0 Å². The van der Waals surface area contributed by atoms with E-state index in [4.69, 9.17) is 14.5 Å². The molecule has 4 unspecified atom stereocenters. The zero-order valence-electron chi connectivity index (χ0n) is 33.1. The molecule has 2 aliphatic rings. The maximum Gasteiger partial charge on any atom is 0.411 e. The minimum atomic E-state index is -0.687. The van der Waals surface area contributed by atoms with Gasteiger partial charge in [0.1, 0.15) is 35.7 Å². The topological polar surface area (TPSA) is 158 Å². The highest BCUT2D eigenvalue weighted by Crippen LogP contribution is 2.47. The van der Waals surface area contributed by atoms with Gasteiger partial charge in [0.15, 0.2) is 0 Å². The first kappa shape index (κ1) is 39.4. The molecule has 0 aliphatic carbocycles. The molecule has 302 valence electrons. The minimum Gasteiger partial charge on any atom is -0.453 e. The monoisotopic (exact) mass is 810 g/mol. The highest BCUT2D eigenvalue weighted by atomic mass is 32.2. The number of rotatable bonds is 11. The summed E-state index contributed by atoms with van der Waals surface area (Å²) in [5, 5.41) is 2.46. The number of thioether (sulfide) groups is 1. The number of hydrogen-bond donors (Lipinski definition) is 3. The molecule has 4 atom stereocenters.